The Kier molecular flexibility index (Phi) is 8.81. The van der Waals surface area contributed by atoms with Gasteiger partial charge in [-0.1, -0.05) is 54.1 Å². The quantitative estimate of drug-likeness (QED) is 0.299. The van der Waals surface area contributed by atoms with Gasteiger partial charge in [0.2, 0.25) is 0 Å². The Bertz CT molecular complexity index is 1280. The van der Waals surface area contributed by atoms with Crippen LogP contribution < -0.4 is 0 Å². The van der Waals surface area contributed by atoms with Gasteiger partial charge in [0, 0.05) is 56.3 Å². The third kappa shape index (κ3) is 6.37. The molecule has 1 aromatic heterocycles. The minimum atomic E-state index is -0.240. The van der Waals surface area contributed by atoms with Crippen LogP contribution in [0.25, 0.3) is 0 Å². The number of nitrogens with zero attached hydrogens (tertiary/aromatic N) is 3. The third-order valence-corrected chi connectivity index (χ3v) is 8.72. The van der Waals surface area contributed by atoms with Crippen molar-refractivity contribution >= 4 is 23.6 Å². The zero-order chi connectivity index (χ0) is 28.1. The number of rotatable bonds is 10. The molecule has 212 valence electrons. The fourth-order valence-electron chi connectivity index (χ4n) is 6.20. The molecule has 2 amide bonds. The third-order valence-electron chi connectivity index (χ3n) is 8.49. The standard InChI is InChI=1S/C32H38ClN3O4/c1-3-36(31(38)40-22-24-9-5-4-6-10-24)28-14-16-35(17-15-28)21-26-20-32(26,25-11-7-12-27(33)19-25)23-34(2)30(37)29-13-8-18-39-29/h4-13,18-19,26,28H,3,14-17,20-23H2,1-2H3/t26-,32+/m0/s1. The number of piperidine rings is 1. The molecule has 5 rings (SSSR count). The average molecular weight is 564 g/mol. The molecule has 0 spiro atoms. The SMILES string of the molecule is CCN(C(=O)OCc1ccccc1)C1CCN(C[C@@H]2C[C@@]2(CN(C)C(=O)c2ccco2)c2cccc(Cl)c2)CC1. The molecule has 0 bridgehead atoms. The number of hydrogen-bond acceptors (Lipinski definition) is 5. The van der Waals surface area contributed by atoms with E-state index in [9.17, 15) is 9.59 Å². The van der Waals surface area contributed by atoms with Gasteiger partial charge in [-0.2, -0.15) is 0 Å². The van der Waals surface area contributed by atoms with Crippen LogP contribution in [0, 0.1) is 5.92 Å². The van der Waals surface area contributed by atoms with Gasteiger partial charge in [0.05, 0.1) is 6.26 Å². The first-order valence-corrected chi connectivity index (χ1v) is 14.5. The van der Waals surface area contributed by atoms with Gasteiger partial charge in [0.15, 0.2) is 5.76 Å². The first-order valence-electron chi connectivity index (χ1n) is 14.1. The zero-order valence-electron chi connectivity index (χ0n) is 23.3. The van der Waals surface area contributed by atoms with Gasteiger partial charge in [-0.15, -0.1) is 0 Å². The highest BCUT2D eigenvalue weighted by Crippen LogP contribution is 2.55. The first-order chi connectivity index (χ1) is 19.4. The van der Waals surface area contributed by atoms with E-state index in [-0.39, 0.29) is 23.5 Å². The van der Waals surface area contributed by atoms with Gasteiger partial charge in [-0.05, 0) is 67.5 Å². The smallest absolute Gasteiger partial charge is 0.410 e. The summed E-state index contributed by atoms with van der Waals surface area (Å²) in [6, 6.07) is 21.5. The Morgan fingerprint density at radius 1 is 1.07 bits per heavy atom. The normalized spacial score (nSPS) is 21.1. The van der Waals surface area contributed by atoms with E-state index < -0.39 is 0 Å². The summed E-state index contributed by atoms with van der Waals surface area (Å²) >= 11 is 6.39. The number of likely N-dealkylation sites (tertiary alicyclic amines) is 1. The van der Waals surface area contributed by atoms with Crippen LogP contribution in [-0.2, 0) is 16.8 Å². The van der Waals surface area contributed by atoms with E-state index in [1.54, 1.807) is 17.0 Å². The Morgan fingerprint density at radius 2 is 1.85 bits per heavy atom. The summed E-state index contributed by atoms with van der Waals surface area (Å²) in [5.74, 6) is 0.648. The molecule has 2 fully saturated rings. The minimum Gasteiger partial charge on any atom is -0.459 e. The number of ether oxygens (including phenoxy) is 1. The van der Waals surface area contributed by atoms with Gasteiger partial charge in [-0.3, -0.25) is 4.79 Å². The molecule has 0 unspecified atom stereocenters. The molecule has 1 aliphatic heterocycles. The highest BCUT2D eigenvalue weighted by Gasteiger charge is 2.56. The monoisotopic (exact) mass is 563 g/mol. The molecule has 2 atom stereocenters. The maximum Gasteiger partial charge on any atom is 0.410 e. The largest absolute Gasteiger partial charge is 0.459 e. The second-order valence-corrected chi connectivity index (χ2v) is 11.5. The molecule has 8 heteroatoms. The van der Waals surface area contributed by atoms with Gasteiger partial charge >= 0.3 is 6.09 Å². The molecule has 1 saturated carbocycles. The minimum absolute atomic E-state index is 0.114. The van der Waals surface area contributed by atoms with Crippen LogP contribution in [-0.4, -0.2) is 72.5 Å². The molecule has 7 nitrogen and oxygen atoms in total. The van der Waals surface area contributed by atoms with Crippen molar-refractivity contribution < 1.29 is 18.7 Å². The molecule has 3 aromatic rings. The number of carbonyl (C=O) groups is 2. The lowest BCUT2D eigenvalue weighted by molar-refractivity contribution is 0.0615. The van der Waals surface area contributed by atoms with Crippen molar-refractivity contribution in [1.29, 1.82) is 0 Å². The van der Waals surface area contributed by atoms with Crippen molar-refractivity contribution in [3.63, 3.8) is 0 Å². The molecule has 2 heterocycles. The summed E-state index contributed by atoms with van der Waals surface area (Å²) in [6.45, 7) is 6.35. The van der Waals surface area contributed by atoms with Crippen molar-refractivity contribution in [3.8, 4) is 0 Å². The number of hydrogen-bond donors (Lipinski definition) is 0. The Morgan fingerprint density at radius 3 is 2.52 bits per heavy atom. The molecule has 2 aliphatic rings. The van der Waals surface area contributed by atoms with E-state index in [2.05, 4.69) is 11.0 Å². The molecule has 0 radical (unpaired) electrons. The summed E-state index contributed by atoms with van der Waals surface area (Å²) in [4.78, 5) is 32.0. The maximum atomic E-state index is 13.0. The summed E-state index contributed by atoms with van der Waals surface area (Å²) < 4.78 is 11.0. The summed E-state index contributed by atoms with van der Waals surface area (Å²) in [6.07, 6.45) is 4.12. The second-order valence-electron chi connectivity index (χ2n) is 11.1. The number of carbonyl (C=O) groups excluding carboxylic acids is 2. The lowest BCUT2D eigenvalue weighted by Gasteiger charge is -2.38. The number of furan rings is 1. The number of halogens is 1. The van der Waals surface area contributed by atoms with E-state index >= 15 is 0 Å². The van der Waals surface area contributed by atoms with Crippen molar-refractivity contribution in [1.82, 2.24) is 14.7 Å². The van der Waals surface area contributed by atoms with Gasteiger partial charge < -0.3 is 23.9 Å². The fourth-order valence-corrected chi connectivity index (χ4v) is 6.39. The van der Waals surface area contributed by atoms with Gasteiger partial charge in [0.1, 0.15) is 6.61 Å². The molecule has 1 saturated heterocycles. The highest BCUT2D eigenvalue weighted by molar-refractivity contribution is 6.30. The first kappa shape index (κ1) is 28.2. The Balaban J connectivity index is 1.18. The molecular formula is C32H38ClN3O4. The summed E-state index contributed by atoms with van der Waals surface area (Å²) in [7, 11) is 1.84. The molecule has 0 N–H and O–H groups in total. The van der Waals surface area contributed by atoms with E-state index in [0.717, 1.165) is 44.5 Å². The van der Waals surface area contributed by atoms with E-state index in [1.807, 2.05) is 67.4 Å². The summed E-state index contributed by atoms with van der Waals surface area (Å²) in [5, 5.41) is 0.710. The van der Waals surface area contributed by atoms with Crippen molar-refractivity contribution in [3.05, 3.63) is 94.9 Å². The number of benzene rings is 2. The molecule has 40 heavy (non-hydrogen) atoms. The second kappa shape index (κ2) is 12.5. The Labute approximate surface area is 241 Å². The zero-order valence-corrected chi connectivity index (χ0v) is 24.1. The maximum absolute atomic E-state index is 13.0. The Hall–Kier alpha value is -3.29. The predicted molar refractivity (Wildman–Crippen MR) is 155 cm³/mol. The van der Waals surface area contributed by atoms with Crippen LogP contribution >= 0.6 is 11.6 Å². The molecule has 1 aliphatic carbocycles. The van der Waals surface area contributed by atoms with E-state index in [4.69, 9.17) is 20.8 Å². The van der Waals surface area contributed by atoms with Crippen LogP contribution in [0.3, 0.4) is 0 Å². The lowest BCUT2D eigenvalue weighted by Crippen LogP contribution is -2.48. The number of amides is 2. The topological polar surface area (TPSA) is 66.2 Å². The van der Waals surface area contributed by atoms with Crippen LogP contribution in [0.5, 0.6) is 0 Å². The fraction of sp³-hybridized carbons (Fsp3) is 0.438. The van der Waals surface area contributed by atoms with Crippen LogP contribution in [0.2, 0.25) is 5.02 Å². The van der Waals surface area contributed by atoms with Gasteiger partial charge in [0.25, 0.3) is 5.91 Å². The lowest BCUT2D eigenvalue weighted by atomic mass is 9.91. The predicted octanol–water partition coefficient (Wildman–Crippen LogP) is 6.09. The van der Waals surface area contributed by atoms with Crippen molar-refractivity contribution in [2.24, 2.45) is 5.92 Å². The van der Waals surface area contributed by atoms with Crippen molar-refractivity contribution in [2.75, 3.05) is 39.8 Å². The van der Waals surface area contributed by atoms with Crippen LogP contribution in [0.4, 0.5) is 4.79 Å². The van der Waals surface area contributed by atoms with Crippen LogP contribution in [0.1, 0.15) is 47.9 Å². The van der Waals surface area contributed by atoms with Crippen LogP contribution in [0.15, 0.2) is 77.4 Å². The molecule has 2 aromatic carbocycles. The number of likely N-dealkylation sites (N-methyl/N-ethyl adjacent to an activating group) is 1. The molecular weight excluding hydrogens is 526 g/mol. The average Bonchev–Trinajstić information content (AvgIpc) is 3.37. The van der Waals surface area contributed by atoms with E-state index in [1.165, 1.54) is 11.8 Å². The van der Waals surface area contributed by atoms with Gasteiger partial charge in [-0.25, -0.2) is 4.79 Å². The highest BCUT2D eigenvalue weighted by atomic mass is 35.5. The van der Waals surface area contributed by atoms with E-state index in [0.29, 0.717) is 36.4 Å². The summed E-state index contributed by atoms with van der Waals surface area (Å²) in [5.41, 5.74) is 2.03. The van der Waals surface area contributed by atoms with Crippen molar-refractivity contribution in [2.45, 2.75) is 44.2 Å².